The molecule has 0 spiro atoms. The summed E-state index contributed by atoms with van der Waals surface area (Å²) in [6, 6.07) is 11.1. The molecule has 0 bridgehead atoms. The summed E-state index contributed by atoms with van der Waals surface area (Å²) in [5, 5.41) is 21.0. The number of aliphatic hydroxyl groups excluding tert-OH is 1. The Hall–Kier alpha value is -3.28. The maximum absolute atomic E-state index is 13.0. The van der Waals surface area contributed by atoms with E-state index in [9.17, 15) is 19.8 Å². The number of phenolic OH excluding ortho intramolecular Hbond substituents is 1. The summed E-state index contributed by atoms with van der Waals surface area (Å²) < 4.78 is 5.22. The van der Waals surface area contributed by atoms with Crippen LogP contribution in [0.25, 0.3) is 5.76 Å². The van der Waals surface area contributed by atoms with Gasteiger partial charge >= 0.3 is 0 Å². The van der Waals surface area contributed by atoms with Gasteiger partial charge in [-0.2, -0.15) is 0 Å². The topological polar surface area (TPSA) is 87.1 Å². The first-order valence-corrected chi connectivity index (χ1v) is 10.6. The van der Waals surface area contributed by atoms with E-state index in [1.165, 1.54) is 18.1 Å². The predicted octanol–water partition coefficient (Wildman–Crippen LogP) is 4.71. The fourth-order valence-corrected chi connectivity index (χ4v) is 3.90. The number of amides is 1. The lowest BCUT2D eigenvalue weighted by Crippen LogP contribution is -2.30. The first-order chi connectivity index (χ1) is 14.9. The highest BCUT2D eigenvalue weighted by Gasteiger charge is 2.46. The second-order valence-corrected chi connectivity index (χ2v) is 7.85. The smallest absolute Gasteiger partial charge is 0.295 e. The van der Waals surface area contributed by atoms with E-state index in [2.05, 4.69) is 6.92 Å². The van der Waals surface area contributed by atoms with Crippen molar-refractivity contribution in [2.45, 2.75) is 45.6 Å². The van der Waals surface area contributed by atoms with Gasteiger partial charge in [0.2, 0.25) is 0 Å². The highest BCUT2D eigenvalue weighted by Crippen LogP contribution is 2.41. The van der Waals surface area contributed by atoms with Crippen LogP contribution in [-0.2, 0) is 9.59 Å². The molecule has 2 aromatic carbocycles. The normalized spacial score (nSPS) is 17.9. The standard InChI is InChI=1S/C25H29NO5/c1-4-5-6-7-14-26-22(18-12-13-19(27)20(15-18)31-3)21(24(29)25(26)30)23(28)17-10-8-16(2)9-11-17/h8-13,15,22,27-28H,4-7,14H2,1-3H3/t22-/m0/s1. The zero-order valence-electron chi connectivity index (χ0n) is 18.2. The van der Waals surface area contributed by atoms with Crippen molar-refractivity contribution in [1.82, 2.24) is 4.90 Å². The van der Waals surface area contributed by atoms with Crippen LogP contribution in [0.15, 0.2) is 48.0 Å². The van der Waals surface area contributed by atoms with Crippen molar-refractivity contribution in [3.05, 3.63) is 64.7 Å². The Morgan fingerprint density at radius 3 is 2.42 bits per heavy atom. The van der Waals surface area contributed by atoms with Gasteiger partial charge in [-0.3, -0.25) is 9.59 Å². The summed E-state index contributed by atoms with van der Waals surface area (Å²) in [6.45, 7) is 4.45. The van der Waals surface area contributed by atoms with E-state index in [1.54, 1.807) is 24.3 Å². The molecule has 0 radical (unpaired) electrons. The summed E-state index contributed by atoms with van der Waals surface area (Å²) in [4.78, 5) is 27.4. The Morgan fingerprint density at radius 1 is 1.06 bits per heavy atom. The number of aliphatic hydroxyl groups is 1. The lowest BCUT2D eigenvalue weighted by atomic mass is 9.94. The number of hydrogen-bond donors (Lipinski definition) is 2. The number of nitrogens with zero attached hydrogens (tertiary/aromatic N) is 1. The third kappa shape index (κ3) is 4.58. The van der Waals surface area contributed by atoms with Crippen LogP contribution in [0, 0.1) is 6.92 Å². The molecule has 1 aliphatic heterocycles. The first kappa shape index (κ1) is 22.4. The van der Waals surface area contributed by atoms with Gasteiger partial charge < -0.3 is 19.8 Å². The Kier molecular flexibility index (Phi) is 7.00. The zero-order valence-corrected chi connectivity index (χ0v) is 18.2. The van der Waals surface area contributed by atoms with Crippen LogP contribution in [-0.4, -0.2) is 40.5 Å². The van der Waals surface area contributed by atoms with E-state index in [1.807, 2.05) is 19.1 Å². The number of likely N-dealkylation sites (tertiary alicyclic amines) is 1. The molecule has 2 N–H and O–H groups in total. The number of phenols is 1. The van der Waals surface area contributed by atoms with Gasteiger partial charge in [0.1, 0.15) is 5.76 Å². The number of aryl methyl sites for hydroxylation is 1. The maximum atomic E-state index is 13.0. The maximum Gasteiger partial charge on any atom is 0.295 e. The molecule has 1 aliphatic rings. The van der Waals surface area contributed by atoms with Crippen molar-refractivity contribution in [2.75, 3.05) is 13.7 Å². The van der Waals surface area contributed by atoms with Gasteiger partial charge in [0.15, 0.2) is 11.5 Å². The van der Waals surface area contributed by atoms with E-state index in [0.29, 0.717) is 17.7 Å². The van der Waals surface area contributed by atoms with Crippen LogP contribution < -0.4 is 4.74 Å². The van der Waals surface area contributed by atoms with Crippen LogP contribution in [0.1, 0.15) is 55.3 Å². The van der Waals surface area contributed by atoms with Gasteiger partial charge in [-0.25, -0.2) is 0 Å². The van der Waals surface area contributed by atoms with Crippen LogP contribution in [0.2, 0.25) is 0 Å². The molecule has 2 aromatic rings. The number of ether oxygens (including phenoxy) is 1. The molecule has 31 heavy (non-hydrogen) atoms. The SMILES string of the molecule is CCCCCCN1C(=O)C(=O)C(=C(O)c2ccc(C)cc2)[C@@H]1c1ccc(O)c(OC)c1. The van der Waals surface area contributed by atoms with Crippen LogP contribution in [0.4, 0.5) is 0 Å². The Balaban J connectivity index is 2.10. The Morgan fingerprint density at radius 2 is 1.77 bits per heavy atom. The Labute approximate surface area is 182 Å². The molecule has 1 amide bonds. The molecule has 6 nitrogen and oxygen atoms in total. The van der Waals surface area contributed by atoms with Gasteiger partial charge in [-0.1, -0.05) is 62.1 Å². The highest BCUT2D eigenvalue weighted by molar-refractivity contribution is 6.46. The van der Waals surface area contributed by atoms with Crippen molar-refractivity contribution in [3.63, 3.8) is 0 Å². The predicted molar refractivity (Wildman–Crippen MR) is 119 cm³/mol. The fraction of sp³-hybridized carbons (Fsp3) is 0.360. The van der Waals surface area contributed by atoms with E-state index in [-0.39, 0.29) is 22.8 Å². The molecule has 0 saturated carbocycles. The molecule has 0 unspecified atom stereocenters. The molecule has 3 rings (SSSR count). The minimum atomic E-state index is -0.752. The lowest BCUT2D eigenvalue weighted by Gasteiger charge is -2.25. The van der Waals surface area contributed by atoms with Crippen molar-refractivity contribution < 1.29 is 24.5 Å². The number of Topliss-reactive ketones (excluding diaryl/α,β-unsaturated/α-hetero) is 1. The van der Waals surface area contributed by atoms with Crippen LogP contribution >= 0.6 is 0 Å². The minimum Gasteiger partial charge on any atom is -0.507 e. The third-order valence-electron chi connectivity index (χ3n) is 5.64. The molecule has 0 aliphatic carbocycles. The monoisotopic (exact) mass is 423 g/mol. The highest BCUT2D eigenvalue weighted by atomic mass is 16.5. The molecule has 0 aromatic heterocycles. The first-order valence-electron chi connectivity index (χ1n) is 10.6. The van der Waals surface area contributed by atoms with Crippen molar-refractivity contribution in [1.29, 1.82) is 0 Å². The lowest BCUT2D eigenvalue weighted by molar-refractivity contribution is -0.139. The number of ketones is 1. The van der Waals surface area contributed by atoms with Crippen LogP contribution in [0.3, 0.4) is 0 Å². The molecular formula is C25H29NO5. The summed E-state index contributed by atoms with van der Waals surface area (Å²) in [6.07, 6.45) is 3.82. The van der Waals surface area contributed by atoms with Gasteiger partial charge in [-0.15, -0.1) is 0 Å². The van der Waals surface area contributed by atoms with Gasteiger partial charge in [0.05, 0.1) is 18.7 Å². The van der Waals surface area contributed by atoms with Gasteiger partial charge in [0, 0.05) is 12.1 Å². The largest absolute Gasteiger partial charge is 0.507 e. The number of benzene rings is 2. The number of rotatable bonds is 8. The van der Waals surface area contributed by atoms with Crippen molar-refractivity contribution in [2.24, 2.45) is 0 Å². The quantitative estimate of drug-likeness (QED) is 0.278. The summed E-state index contributed by atoms with van der Waals surface area (Å²) >= 11 is 0. The minimum absolute atomic E-state index is 0.0373. The summed E-state index contributed by atoms with van der Waals surface area (Å²) in [5.41, 5.74) is 2.15. The second-order valence-electron chi connectivity index (χ2n) is 7.85. The van der Waals surface area contributed by atoms with E-state index < -0.39 is 17.7 Å². The van der Waals surface area contributed by atoms with Gasteiger partial charge in [-0.05, 0) is 31.0 Å². The molecular weight excluding hydrogens is 394 g/mol. The van der Waals surface area contributed by atoms with Crippen molar-refractivity contribution >= 4 is 17.4 Å². The van der Waals surface area contributed by atoms with Gasteiger partial charge in [0.25, 0.3) is 11.7 Å². The van der Waals surface area contributed by atoms with E-state index in [0.717, 1.165) is 31.2 Å². The number of aromatic hydroxyl groups is 1. The molecule has 1 fully saturated rings. The molecule has 164 valence electrons. The third-order valence-corrected chi connectivity index (χ3v) is 5.64. The summed E-state index contributed by atoms with van der Waals surface area (Å²) in [7, 11) is 1.44. The average molecular weight is 424 g/mol. The van der Waals surface area contributed by atoms with E-state index in [4.69, 9.17) is 4.74 Å². The Bertz CT molecular complexity index is 993. The number of hydrogen-bond acceptors (Lipinski definition) is 5. The van der Waals surface area contributed by atoms with Crippen LogP contribution in [0.5, 0.6) is 11.5 Å². The molecule has 1 saturated heterocycles. The fourth-order valence-electron chi connectivity index (χ4n) is 3.90. The van der Waals surface area contributed by atoms with E-state index >= 15 is 0 Å². The second kappa shape index (κ2) is 9.69. The number of carbonyl (C=O) groups is 2. The number of unbranched alkanes of at least 4 members (excludes halogenated alkanes) is 3. The number of carbonyl (C=O) groups excluding carboxylic acids is 2. The molecule has 6 heteroatoms. The number of methoxy groups -OCH3 is 1. The zero-order chi connectivity index (χ0) is 22.5. The average Bonchev–Trinajstić information content (AvgIpc) is 3.02. The molecule has 1 atom stereocenters. The summed E-state index contributed by atoms with van der Waals surface area (Å²) in [5.74, 6) is -1.33. The van der Waals surface area contributed by atoms with Crippen molar-refractivity contribution in [3.8, 4) is 11.5 Å². The molecule has 1 heterocycles.